The standard InChI is InChI=1S/C14H10N2O3/c17-10-7-6-9(14(18)19)11-12(10)16-13(15-11)8-4-2-1-3-5-8/h1-7,17H,(H,15,16)(H,18,19). The summed E-state index contributed by atoms with van der Waals surface area (Å²) in [7, 11) is 0. The number of aromatic nitrogens is 2. The Labute approximate surface area is 108 Å². The van der Waals surface area contributed by atoms with E-state index in [0.717, 1.165) is 5.56 Å². The number of aromatic carboxylic acids is 1. The summed E-state index contributed by atoms with van der Waals surface area (Å²) in [6.07, 6.45) is 0. The largest absolute Gasteiger partial charge is 0.506 e. The van der Waals surface area contributed by atoms with Crippen LogP contribution in [0.3, 0.4) is 0 Å². The highest BCUT2D eigenvalue weighted by Gasteiger charge is 2.15. The van der Waals surface area contributed by atoms with Crippen LogP contribution in [0.25, 0.3) is 22.4 Å². The summed E-state index contributed by atoms with van der Waals surface area (Å²) in [5.41, 5.74) is 1.50. The zero-order valence-corrected chi connectivity index (χ0v) is 9.79. The molecule has 3 aromatic rings. The third-order valence-corrected chi connectivity index (χ3v) is 2.90. The summed E-state index contributed by atoms with van der Waals surface area (Å²) in [4.78, 5) is 18.3. The van der Waals surface area contributed by atoms with Gasteiger partial charge in [0.05, 0.1) is 11.1 Å². The molecule has 0 fully saturated rings. The number of carbonyl (C=O) groups is 1. The molecule has 0 unspecified atom stereocenters. The predicted molar refractivity (Wildman–Crippen MR) is 70.2 cm³/mol. The highest BCUT2D eigenvalue weighted by atomic mass is 16.4. The maximum Gasteiger partial charge on any atom is 0.337 e. The van der Waals surface area contributed by atoms with Crippen molar-refractivity contribution in [3.05, 3.63) is 48.0 Å². The molecular formula is C14H10N2O3. The van der Waals surface area contributed by atoms with Gasteiger partial charge in [-0.2, -0.15) is 0 Å². The quantitative estimate of drug-likeness (QED) is 0.656. The fourth-order valence-electron chi connectivity index (χ4n) is 1.99. The molecule has 2 aromatic carbocycles. The molecule has 3 rings (SSSR count). The first-order valence-corrected chi connectivity index (χ1v) is 5.67. The molecule has 0 saturated heterocycles. The number of imidazole rings is 1. The number of hydrogen-bond donors (Lipinski definition) is 3. The Hall–Kier alpha value is -2.82. The number of rotatable bonds is 2. The summed E-state index contributed by atoms with van der Waals surface area (Å²) in [6.45, 7) is 0. The maximum absolute atomic E-state index is 11.1. The molecule has 0 spiro atoms. The Bertz CT molecular complexity index is 763. The van der Waals surface area contributed by atoms with Gasteiger partial charge in [-0.1, -0.05) is 30.3 Å². The number of phenols is 1. The molecule has 0 atom stereocenters. The Morgan fingerprint density at radius 2 is 1.84 bits per heavy atom. The predicted octanol–water partition coefficient (Wildman–Crippen LogP) is 2.63. The molecule has 3 N–H and O–H groups in total. The monoisotopic (exact) mass is 254 g/mol. The van der Waals surface area contributed by atoms with Crippen molar-refractivity contribution in [3.8, 4) is 17.1 Å². The molecular weight excluding hydrogens is 244 g/mol. The van der Waals surface area contributed by atoms with Crippen LogP contribution in [0.2, 0.25) is 0 Å². The second-order valence-electron chi connectivity index (χ2n) is 4.11. The van der Waals surface area contributed by atoms with Gasteiger partial charge in [0.15, 0.2) is 0 Å². The van der Waals surface area contributed by atoms with Crippen LogP contribution in [0.4, 0.5) is 0 Å². The highest BCUT2D eigenvalue weighted by Crippen LogP contribution is 2.28. The Morgan fingerprint density at radius 3 is 2.53 bits per heavy atom. The van der Waals surface area contributed by atoms with Crippen molar-refractivity contribution in [1.29, 1.82) is 0 Å². The van der Waals surface area contributed by atoms with E-state index < -0.39 is 5.97 Å². The van der Waals surface area contributed by atoms with Crippen molar-refractivity contribution in [2.45, 2.75) is 0 Å². The normalized spacial score (nSPS) is 10.7. The number of benzene rings is 2. The van der Waals surface area contributed by atoms with Gasteiger partial charge in [0, 0.05) is 5.56 Å². The fourth-order valence-corrected chi connectivity index (χ4v) is 1.99. The van der Waals surface area contributed by atoms with E-state index in [9.17, 15) is 9.90 Å². The van der Waals surface area contributed by atoms with Gasteiger partial charge < -0.3 is 15.2 Å². The van der Waals surface area contributed by atoms with Crippen molar-refractivity contribution < 1.29 is 15.0 Å². The lowest BCUT2D eigenvalue weighted by Crippen LogP contribution is -1.97. The van der Waals surface area contributed by atoms with Gasteiger partial charge in [0.25, 0.3) is 0 Å². The molecule has 0 saturated carbocycles. The van der Waals surface area contributed by atoms with Crippen LogP contribution < -0.4 is 0 Å². The molecule has 5 nitrogen and oxygen atoms in total. The van der Waals surface area contributed by atoms with Gasteiger partial charge in [0.1, 0.15) is 17.1 Å². The molecule has 0 aliphatic rings. The Morgan fingerprint density at radius 1 is 1.11 bits per heavy atom. The van der Waals surface area contributed by atoms with E-state index in [1.54, 1.807) is 0 Å². The number of H-pyrrole nitrogens is 1. The van der Waals surface area contributed by atoms with Crippen molar-refractivity contribution >= 4 is 17.0 Å². The summed E-state index contributed by atoms with van der Waals surface area (Å²) in [5.74, 6) is -0.578. The lowest BCUT2D eigenvalue weighted by molar-refractivity contribution is 0.0699. The third kappa shape index (κ3) is 1.81. The molecule has 0 aliphatic heterocycles. The first-order valence-electron chi connectivity index (χ1n) is 5.67. The van der Waals surface area contributed by atoms with Gasteiger partial charge in [-0.25, -0.2) is 9.78 Å². The average Bonchev–Trinajstić information content (AvgIpc) is 2.85. The number of aromatic hydroxyl groups is 1. The number of nitrogens with one attached hydrogen (secondary N) is 1. The summed E-state index contributed by atoms with van der Waals surface area (Å²) >= 11 is 0. The molecule has 1 heterocycles. The van der Waals surface area contributed by atoms with Crippen LogP contribution in [-0.4, -0.2) is 26.2 Å². The molecule has 94 valence electrons. The van der Waals surface area contributed by atoms with E-state index in [1.807, 2.05) is 30.3 Å². The first kappa shape index (κ1) is 11.3. The molecule has 0 aliphatic carbocycles. The lowest BCUT2D eigenvalue weighted by atomic mass is 10.2. The lowest BCUT2D eigenvalue weighted by Gasteiger charge is -1.97. The third-order valence-electron chi connectivity index (χ3n) is 2.90. The summed E-state index contributed by atoms with van der Waals surface area (Å²) in [5, 5.41) is 18.9. The van der Waals surface area contributed by atoms with Crippen molar-refractivity contribution in [1.82, 2.24) is 9.97 Å². The SMILES string of the molecule is O=C(O)c1ccc(O)c2nc(-c3ccccc3)[nH]c12. The van der Waals surface area contributed by atoms with E-state index in [2.05, 4.69) is 9.97 Å². The van der Waals surface area contributed by atoms with E-state index in [-0.39, 0.29) is 16.8 Å². The highest BCUT2D eigenvalue weighted by molar-refractivity contribution is 6.03. The zero-order valence-electron chi connectivity index (χ0n) is 9.79. The number of aromatic amines is 1. The minimum Gasteiger partial charge on any atom is -0.506 e. The van der Waals surface area contributed by atoms with Crippen LogP contribution in [0.1, 0.15) is 10.4 Å². The molecule has 0 radical (unpaired) electrons. The molecule has 0 amide bonds. The summed E-state index contributed by atoms with van der Waals surface area (Å²) in [6, 6.07) is 12.0. The van der Waals surface area contributed by atoms with Crippen LogP contribution in [0, 0.1) is 0 Å². The number of carboxylic acids is 1. The van der Waals surface area contributed by atoms with Crippen LogP contribution in [0.15, 0.2) is 42.5 Å². The van der Waals surface area contributed by atoms with Gasteiger partial charge >= 0.3 is 5.97 Å². The number of phenolic OH excluding ortho intramolecular Hbond substituents is 1. The van der Waals surface area contributed by atoms with E-state index >= 15 is 0 Å². The first-order chi connectivity index (χ1) is 9.16. The number of nitrogens with zero attached hydrogens (tertiary/aromatic N) is 1. The van der Waals surface area contributed by atoms with Crippen LogP contribution >= 0.6 is 0 Å². The van der Waals surface area contributed by atoms with E-state index in [1.165, 1.54) is 12.1 Å². The Balaban J connectivity index is 2.29. The van der Waals surface area contributed by atoms with E-state index in [0.29, 0.717) is 11.3 Å². The second-order valence-corrected chi connectivity index (χ2v) is 4.11. The average molecular weight is 254 g/mol. The van der Waals surface area contributed by atoms with Gasteiger partial charge in [0.2, 0.25) is 0 Å². The second kappa shape index (κ2) is 4.13. The zero-order chi connectivity index (χ0) is 13.4. The van der Waals surface area contributed by atoms with Crippen molar-refractivity contribution in [2.24, 2.45) is 0 Å². The molecule has 1 aromatic heterocycles. The fraction of sp³-hybridized carbons (Fsp3) is 0. The van der Waals surface area contributed by atoms with Crippen LogP contribution in [-0.2, 0) is 0 Å². The maximum atomic E-state index is 11.1. The van der Waals surface area contributed by atoms with Crippen molar-refractivity contribution in [3.63, 3.8) is 0 Å². The minimum atomic E-state index is -1.06. The molecule has 19 heavy (non-hydrogen) atoms. The Kier molecular flexibility index (Phi) is 2.45. The number of hydrogen-bond acceptors (Lipinski definition) is 3. The van der Waals surface area contributed by atoms with Gasteiger partial charge in [-0.15, -0.1) is 0 Å². The topological polar surface area (TPSA) is 86.2 Å². The van der Waals surface area contributed by atoms with Crippen LogP contribution in [0.5, 0.6) is 5.75 Å². The molecule has 5 heteroatoms. The van der Waals surface area contributed by atoms with E-state index in [4.69, 9.17) is 5.11 Å². The molecule has 0 bridgehead atoms. The summed E-state index contributed by atoms with van der Waals surface area (Å²) < 4.78 is 0. The number of fused-ring (bicyclic) bond motifs is 1. The smallest absolute Gasteiger partial charge is 0.337 e. The van der Waals surface area contributed by atoms with Crippen molar-refractivity contribution in [2.75, 3.05) is 0 Å². The van der Waals surface area contributed by atoms with Gasteiger partial charge in [-0.3, -0.25) is 0 Å². The number of carboxylic acid groups (broad SMARTS) is 1. The minimum absolute atomic E-state index is 0.0431. The van der Waals surface area contributed by atoms with Gasteiger partial charge in [-0.05, 0) is 12.1 Å².